The van der Waals surface area contributed by atoms with Gasteiger partial charge in [0.05, 0.1) is 28.3 Å². The Hall–Kier alpha value is -1.15. The molecule has 0 amide bonds. The summed E-state index contributed by atoms with van der Waals surface area (Å²) in [5.74, 6) is 0.329. The highest BCUT2D eigenvalue weighted by molar-refractivity contribution is 7.80. The standard InChI is InChI=1S/C9H13NO.CH4O4S/c1-10(2,3)8-5-4-6-9(11)7-8;1-5-6(2,3)4/h4-7H,1-3H3;1H3,(H,2,3,4)/p+1. The van der Waals surface area contributed by atoms with Crippen molar-refractivity contribution < 1.29 is 22.3 Å². The van der Waals surface area contributed by atoms with Gasteiger partial charge in [0, 0.05) is 6.07 Å². The van der Waals surface area contributed by atoms with Crippen molar-refractivity contribution in [1.82, 2.24) is 4.48 Å². The first-order chi connectivity index (χ1) is 7.56. The normalized spacial score (nSPS) is 11.6. The zero-order chi connectivity index (χ0) is 13.7. The molecule has 0 saturated heterocycles. The molecule has 0 unspecified atom stereocenters. The van der Waals surface area contributed by atoms with E-state index in [1.54, 1.807) is 12.1 Å². The van der Waals surface area contributed by atoms with Crippen LogP contribution in [0.5, 0.6) is 5.75 Å². The Balaban J connectivity index is 0.000000366. The van der Waals surface area contributed by atoms with E-state index < -0.39 is 10.4 Å². The van der Waals surface area contributed by atoms with E-state index in [-0.39, 0.29) is 0 Å². The van der Waals surface area contributed by atoms with Gasteiger partial charge < -0.3 is 5.11 Å². The summed E-state index contributed by atoms with van der Waals surface area (Å²) in [5.41, 5.74) is 1.10. The van der Waals surface area contributed by atoms with Crippen molar-refractivity contribution in [3.8, 4) is 5.75 Å². The van der Waals surface area contributed by atoms with Gasteiger partial charge >= 0.3 is 10.4 Å². The van der Waals surface area contributed by atoms with Crippen LogP contribution in [0.3, 0.4) is 0 Å². The van der Waals surface area contributed by atoms with Crippen LogP contribution in [0.25, 0.3) is 0 Å². The summed E-state index contributed by atoms with van der Waals surface area (Å²) in [5, 5.41) is 9.17. The number of nitrogens with zero attached hydrogens (tertiary/aromatic N) is 1. The zero-order valence-corrected chi connectivity index (χ0v) is 11.1. The highest BCUT2D eigenvalue weighted by Gasteiger charge is 2.11. The molecule has 0 aromatic heterocycles. The van der Waals surface area contributed by atoms with Crippen LogP contribution in [0.2, 0.25) is 0 Å². The molecule has 6 nitrogen and oxygen atoms in total. The van der Waals surface area contributed by atoms with Crippen LogP contribution < -0.4 is 4.48 Å². The molecule has 0 aliphatic carbocycles. The van der Waals surface area contributed by atoms with E-state index in [0.717, 1.165) is 17.3 Å². The first kappa shape index (κ1) is 15.9. The SMILES string of the molecule is COS(=O)(=O)O.C[N+](C)(C)c1cccc(O)c1. The van der Waals surface area contributed by atoms with Crippen molar-refractivity contribution in [1.29, 1.82) is 0 Å². The summed E-state index contributed by atoms with van der Waals surface area (Å²) < 4.78 is 30.4. The van der Waals surface area contributed by atoms with Crippen LogP contribution >= 0.6 is 0 Å². The van der Waals surface area contributed by atoms with Crippen molar-refractivity contribution in [3.63, 3.8) is 0 Å². The minimum Gasteiger partial charge on any atom is -0.508 e. The minimum atomic E-state index is -4.16. The van der Waals surface area contributed by atoms with E-state index in [1.165, 1.54) is 0 Å². The summed E-state index contributed by atoms with van der Waals surface area (Å²) >= 11 is 0. The third-order valence-electron chi connectivity index (χ3n) is 1.81. The predicted molar refractivity (Wildman–Crippen MR) is 66.2 cm³/mol. The Morgan fingerprint density at radius 2 is 1.71 bits per heavy atom. The number of rotatable bonds is 2. The Kier molecular flexibility index (Phi) is 5.56. The Morgan fingerprint density at radius 1 is 1.24 bits per heavy atom. The smallest absolute Gasteiger partial charge is 0.397 e. The van der Waals surface area contributed by atoms with Crippen LogP contribution in [-0.2, 0) is 14.6 Å². The van der Waals surface area contributed by atoms with Crippen LogP contribution in [0.4, 0.5) is 5.69 Å². The van der Waals surface area contributed by atoms with E-state index in [9.17, 15) is 8.42 Å². The Bertz CT molecular complexity index is 450. The molecule has 0 bridgehead atoms. The zero-order valence-electron chi connectivity index (χ0n) is 10.3. The highest BCUT2D eigenvalue weighted by atomic mass is 32.3. The number of benzene rings is 1. The van der Waals surface area contributed by atoms with Crippen molar-refractivity contribution in [2.75, 3.05) is 28.3 Å². The molecule has 0 radical (unpaired) electrons. The highest BCUT2D eigenvalue weighted by Crippen LogP contribution is 2.21. The monoisotopic (exact) mass is 264 g/mol. The Morgan fingerprint density at radius 3 is 1.94 bits per heavy atom. The van der Waals surface area contributed by atoms with E-state index in [0.29, 0.717) is 5.75 Å². The van der Waals surface area contributed by atoms with Crippen LogP contribution in [0, 0.1) is 0 Å². The lowest BCUT2D eigenvalue weighted by molar-refractivity contribution is 0.324. The maximum absolute atomic E-state index is 9.33. The second-order valence-electron chi connectivity index (χ2n) is 4.13. The van der Waals surface area contributed by atoms with Gasteiger partial charge in [-0.25, -0.2) is 0 Å². The minimum absolute atomic E-state index is 0.329. The van der Waals surface area contributed by atoms with Crippen molar-refractivity contribution >= 4 is 16.1 Å². The summed E-state index contributed by atoms with van der Waals surface area (Å²) in [6.07, 6.45) is 0. The molecular formula is C10H18NO5S+. The van der Waals surface area contributed by atoms with Crippen molar-refractivity contribution in [2.45, 2.75) is 0 Å². The molecule has 0 aliphatic rings. The van der Waals surface area contributed by atoms with Gasteiger partial charge in [-0.05, 0) is 12.1 Å². The third-order valence-corrected chi connectivity index (χ3v) is 2.24. The number of hydrogen-bond acceptors (Lipinski definition) is 4. The van der Waals surface area contributed by atoms with Gasteiger partial charge in [0.1, 0.15) is 11.4 Å². The summed E-state index contributed by atoms with van der Waals surface area (Å²) in [4.78, 5) is 0. The van der Waals surface area contributed by atoms with E-state index in [1.807, 2.05) is 12.1 Å². The summed E-state index contributed by atoms with van der Waals surface area (Å²) in [6.45, 7) is 0. The average molecular weight is 264 g/mol. The van der Waals surface area contributed by atoms with Crippen LogP contribution in [-0.4, -0.2) is 46.3 Å². The van der Waals surface area contributed by atoms with Gasteiger partial charge in [-0.15, -0.1) is 0 Å². The van der Waals surface area contributed by atoms with Gasteiger partial charge in [0.2, 0.25) is 0 Å². The fourth-order valence-electron chi connectivity index (χ4n) is 0.910. The average Bonchev–Trinajstić information content (AvgIpc) is 2.16. The van der Waals surface area contributed by atoms with E-state index >= 15 is 0 Å². The van der Waals surface area contributed by atoms with Gasteiger partial charge in [-0.1, -0.05) is 6.07 Å². The molecule has 0 aliphatic heterocycles. The van der Waals surface area contributed by atoms with Crippen molar-refractivity contribution in [3.05, 3.63) is 24.3 Å². The van der Waals surface area contributed by atoms with Crippen LogP contribution in [0.1, 0.15) is 0 Å². The van der Waals surface area contributed by atoms with Gasteiger partial charge in [-0.2, -0.15) is 8.42 Å². The molecule has 7 heteroatoms. The number of phenolic OH excluding ortho intramolecular Hbond substituents is 1. The molecule has 0 spiro atoms. The summed E-state index contributed by atoms with van der Waals surface area (Å²) in [6, 6.07) is 7.31. The lowest BCUT2D eigenvalue weighted by atomic mass is 10.2. The molecule has 1 rings (SSSR count). The largest absolute Gasteiger partial charge is 0.508 e. The number of phenols is 1. The molecular weight excluding hydrogens is 246 g/mol. The Labute approximate surface area is 102 Å². The number of aromatic hydroxyl groups is 1. The molecule has 17 heavy (non-hydrogen) atoms. The lowest BCUT2D eigenvalue weighted by Crippen LogP contribution is -2.34. The molecule has 1 aromatic carbocycles. The molecule has 0 fully saturated rings. The predicted octanol–water partition coefficient (Wildman–Crippen LogP) is 1.02. The van der Waals surface area contributed by atoms with Crippen molar-refractivity contribution in [2.24, 2.45) is 0 Å². The molecule has 1 aromatic rings. The molecule has 0 saturated carbocycles. The molecule has 98 valence electrons. The number of hydrogen-bond donors (Lipinski definition) is 2. The topological polar surface area (TPSA) is 83.8 Å². The van der Waals surface area contributed by atoms with Gasteiger partial charge in [-0.3, -0.25) is 13.2 Å². The fourth-order valence-corrected chi connectivity index (χ4v) is 0.910. The first-order valence-corrected chi connectivity index (χ1v) is 6.07. The maximum Gasteiger partial charge on any atom is 0.397 e. The lowest BCUT2D eigenvalue weighted by Gasteiger charge is -2.23. The van der Waals surface area contributed by atoms with Crippen LogP contribution in [0.15, 0.2) is 24.3 Å². The van der Waals surface area contributed by atoms with E-state index in [2.05, 4.69) is 25.3 Å². The van der Waals surface area contributed by atoms with E-state index in [4.69, 9.17) is 9.66 Å². The first-order valence-electron chi connectivity index (χ1n) is 4.70. The number of quaternary nitrogens is 1. The van der Waals surface area contributed by atoms with Gasteiger partial charge in [0.25, 0.3) is 0 Å². The maximum atomic E-state index is 9.33. The molecule has 0 atom stereocenters. The fraction of sp³-hybridized carbons (Fsp3) is 0.400. The summed E-state index contributed by atoms with van der Waals surface area (Å²) in [7, 11) is 2.90. The second-order valence-corrected chi connectivity index (χ2v) is 5.32. The van der Waals surface area contributed by atoms with Gasteiger partial charge in [0.15, 0.2) is 0 Å². The quantitative estimate of drug-likeness (QED) is 0.615. The molecule has 2 N–H and O–H groups in total. The molecule has 0 heterocycles. The third kappa shape index (κ3) is 7.70. The second kappa shape index (κ2) is 5.97.